The smallest absolute Gasteiger partial charge is 0.243 e. The number of amides is 1. The lowest BCUT2D eigenvalue weighted by Crippen LogP contribution is -2.48. The van der Waals surface area contributed by atoms with Crippen LogP contribution in [-0.2, 0) is 9.53 Å². The number of halogens is 1. The second-order valence-electron chi connectivity index (χ2n) is 7.75. The first-order valence-corrected chi connectivity index (χ1v) is 10.5. The number of morpholine rings is 1. The fourth-order valence-corrected chi connectivity index (χ4v) is 3.54. The molecule has 0 spiro atoms. The van der Waals surface area contributed by atoms with Gasteiger partial charge >= 0.3 is 0 Å². The third-order valence-corrected chi connectivity index (χ3v) is 5.35. The molecule has 0 saturated carbocycles. The quantitative estimate of drug-likeness (QED) is 0.310. The third-order valence-electron chi connectivity index (χ3n) is 5.35. The Balaban J connectivity index is 0.00000320. The van der Waals surface area contributed by atoms with Crippen LogP contribution < -0.4 is 15.5 Å². The average Bonchev–Trinajstić information content (AvgIpc) is 3.21. The molecule has 2 aliphatic heterocycles. The number of rotatable bonds is 7. The SMILES string of the molecule is CN(C)C(=O)CN=C(NCCN1CCOCC1)NC1CCN(c2ccccc2)C1.I. The monoisotopic (exact) mass is 530 g/mol. The van der Waals surface area contributed by atoms with Crippen LogP contribution in [0.15, 0.2) is 35.3 Å². The van der Waals surface area contributed by atoms with E-state index < -0.39 is 0 Å². The number of aliphatic imine (C=N–C) groups is 1. The van der Waals surface area contributed by atoms with Crippen molar-refractivity contribution >= 4 is 41.5 Å². The Bertz CT molecular complexity index is 667. The number of ether oxygens (including phenoxy) is 1. The molecule has 2 N–H and O–H groups in total. The molecule has 0 bridgehead atoms. The number of nitrogens with one attached hydrogen (secondary N) is 2. The lowest BCUT2D eigenvalue weighted by atomic mass is 10.2. The van der Waals surface area contributed by atoms with E-state index in [0.29, 0.717) is 12.0 Å². The number of carbonyl (C=O) groups is 1. The molecule has 1 amide bonds. The third kappa shape index (κ3) is 7.92. The molecule has 168 valence electrons. The molecule has 1 unspecified atom stereocenters. The summed E-state index contributed by atoms with van der Waals surface area (Å²) in [5.74, 6) is 0.713. The molecule has 2 aliphatic rings. The number of likely N-dealkylation sites (N-methyl/N-ethyl adjacent to an activating group) is 1. The normalized spacial score (nSPS) is 19.9. The largest absolute Gasteiger partial charge is 0.379 e. The molecule has 9 heteroatoms. The van der Waals surface area contributed by atoms with Gasteiger partial charge in [-0.2, -0.15) is 0 Å². The first-order valence-electron chi connectivity index (χ1n) is 10.5. The minimum atomic E-state index is -0.00314. The van der Waals surface area contributed by atoms with E-state index in [-0.39, 0.29) is 36.4 Å². The van der Waals surface area contributed by atoms with Gasteiger partial charge in [-0.15, -0.1) is 24.0 Å². The van der Waals surface area contributed by atoms with Crippen LogP contribution in [-0.4, -0.2) is 101 Å². The number of hydrogen-bond acceptors (Lipinski definition) is 5. The minimum Gasteiger partial charge on any atom is -0.379 e. The van der Waals surface area contributed by atoms with E-state index in [1.54, 1.807) is 19.0 Å². The summed E-state index contributed by atoms with van der Waals surface area (Å²) >= 11 is 0. The van der Waals surface area contributed by atoms with E-state index in [4.69, 9.17) is 4.74 Å². The Labute approximate surface area is 197 Å². The molecule has 1 aromatic rings. The number of nitrogens with zero attached hydrogens (tertiary/aromatic N) is 4. The molecule has 0 aromatic heterocycles. The molecular formula is C21H35IN6O2. The van der Waals surface area contributed by atoms with Gasteiger partial charge in [-0.3, -0.25) is 9.69 Å². The minimum absolute atomic E-state index is 0. The van der Waals surface area contributed by atoms with Crippen molar-refractivity contribution in [2.45, 2.75) is 12.5 Å². The lowest BCUT2D eigenvalue weighted by Gasteiger charge is -2.27. The van der Waals surface area contributed by atoms with Crippen molar-refractivity contribution < 1.29 is 9.53 Å². The standard InChI is InChI=1S/C21H34N6O2.HI/c1-25(2)20(28)16-23-21(22-9-11-26-12-14-29-15-13-26)24-18-8-10-27(17-18)19-6-4-3-5-7-19;/h3-7,18H,8-17H2,1-2H3,(H2,22,23,24);1H. The van der Waals surface area contributed by atoms with Crippen molar-refractivity contribution in [1.29, 1.82) is 0 Å². The number of guanidine groups is 1. The van der Waals surface area contributed by atoms with Crippen LogP contribution in [0.4, 0.5) is 5.69 Å². The zero-order valence-corrected chi connectivity index (χ0v) is 20.4. The fourth-order valence-electron chi connectivity index (χ4n) is 3.54. The topological polar surface area (TPSA) is 72.4 Å². The zero-order valence-electron chi connectivity index (χ0n) is 18.0. The number of hydrogen-bond donors (Lipinski definition) is 2. The maximum atomic E-state index is 12.0. The molecule has 3 rings (SSSR count). The summed E-state index contributed by atoms with van der Waals surface area (Å²) in [5.41, 5.74) is 1.25. The predicted molar refractivity (Wildman–Crippen MR) is 132 cm³/mol. The van der Waals surface area contributed by atoms with Crippen LogP contribution in [0.3, 0.4) is 0 Å². The molecule has 1 aromatic carbocycles. The number of para-hydroxylation sites is 1. The van der Waals surface area contributed by atoms with Gasteiger partial charge in [0.25, 0.3) is 0 Å². The highest BCUT2D eigenvalue weighted by molar-refractivity contribution is 14.0. The summed E-state index contributed by atoms with van der Waals surface area (Å²) in [7, 11) is 3.51. The molecule has 2 fully saturated rings. The average molecular weight is 530 g/mol. The highest BCUT2D eigenvalue weighted by Gasteiger charge is 2.23. The highest BCUT2D eigenvalue weighted by atomic mass is 127. The number of anilines is 1. The van der Waals surface area contributed by atoms with E-state index >= 15 is 0 Å². The van der Waals surface area contributed by atoms with Gasteiger partial charge in [0, 0.05) is 65.1 Å². The fraction of sp³-hybridized carbons (Fsp3) is 0.619. The summed E-state index contributed by atoms with van der Waals surface area (Å²) < 4.78 is 5.40. The molecule has 2 saturated heterocycles. The molecule has 1 atom stereocenters. The molecule has 0 aliphatic carbocycles. The van der Waals surface area contributed by atoms with E-state index in [1.807, 2.05) is 6.07 Å². The van der Waals surface area contributed by atoms with Crippen molar-refractivity contribution in [2.24, 2.45) is 4.99 Å². The summed E-state index contributed by atoms with van der Waals surface area (Å²) in [5, 5.41) is 6.94. The maximum absolute atomic E-state index is 12.0. The van der Waals surface area contributed by atoms with E-state index in [1.165, 1.54) is 5.69 Å². The van der Waals surface area contributed by atoms with Crippen molar-refractivity contribution in [2.75, 3.05) is 78.0 Å². The van der Waals surface area contributed by atoms with Gasteiger partial charge in [0.15, 0.2) is 5.96 Å². The van der Waals surface area contributed by atoms with Gasteiger partial charge in [-0.25, -0.2) is 4.99 Å². The molecule has 30 heavy (non-hydrogen) atoms. The van der Waals surface area contributed by atoms with Gasteiger partial charge < -0.3 is 25.2 Å². The Hall–Kier alpha value is -1.59. The number of carbonyl (C=O) groups excluding carboxylic acids is 1. The van der Waals surface area contributed by atoms with Crippen molar-refractivity contribution in [3.8, 4) is 0 Å². The van der Waals surface area contributed by atoms with Crippen molar-refractivity contribution in [3.63, 3.8) is 0 Å². The second-order valence-corrected chi connectivity index (χ2v) is 7.75. The molecule has 8 nitrogen and oxygen atoms in total. The Morgan fingerprint density at radius 3 is 2.63 bits per heavy atom. The van der Waals surface area contributed by atoms with E-state index in [0.717, 1.165) is 58.9 Å². The number of benzene rings is 1. The van der Waals surface area contributed by atoms with Crippen LogP contribution in [0.25, 0.3) is 0 Å². The lowest BCUT2D eigenvalue weighted by molar-refractivity contribution is -0.127. The van der Waals surface area contributed by atoms with Gasteiger partial charge in [0.1, 0.15) is 6.54 Å². The summed E-state index contributed by atoms with van der Waals surface area (Å²) in [6.07, 6.45) is 1.04. The Morgan fingerprint density at radius 1 is 1.20 bits per heavy atom. The Morgan fingerprint density at radius 2 is 1.93 bits per heavy atom. The van der Waals surface area contributed by atoms with E-state index in [2.05, 4.69) is 49.7 Å². The van der Waals surface area contributed by atoms with Crippen LogP contribution in [0.5, 0.6) is 0 Å². The summed E-state index contributed by atoms with van der Waals surface area (Å²) in [6, 6.07) is 10.8. The predicted octanol–water partition coefficient (Wildman–Crippen LogP) is 0.839. The van der Waals surface area contributed by atoms with Crippen LogP contribution >= 0.6 is 24.0 Å². The first-order chi connectivity index (χ1) is 14.1. The second kappa shape index (κ2) is 13.0. The van der Waals surface area contributed by atoms with Crippen molar-refractivity contribution in [3.05, 3.63) is 30.3 Å². The zero-order chi connectivity index (χ0) is 20.5. The van der Waals surface area contributed by atoms with Gasteiger partial charge in [-0.05, 0) is 18.6 Å². The van der Waals surface area contributed by atoms with Gasteiger partial charge in [0.2, 0.25) is 5.91 Å². The van der Waals surface area contributed by atoms with Crippen LogP contribution in [0, 0.1) is 0 Å². The summed E-state index contributed by atoms with van der Waals surface area (Å²) in [4.78, 5) is 22.8. The Kier molecular flexibility index (Phi) is 10.7. The van der Waals surface area contributed by atoms with Crippen LogP contribution in [0.1, 0.15) is 6.42 Å². The molecular weight excluding hydrogens is 495 g/mol. The van der Waals surface area contributed by atoms with E-state index in [9.17, 15) is 4.79 Å². The van der Waals surface area contributed by atoms with Crippen molar-refractivity contribution in [1.82, 2.24) is 20.4 Å². The molecule has 0 radical (unpaired) electrons. The highest BCUT2D eigenvalue weighted by Crippen LogP contribution is 2.19. The van der Waals surface area contributed by atoms with Gasteiger partial charge in [-0.1, -0.05) is 18.2 Å². The summed E-state index contributed by atoms with van der Waals surface area (Å²) in [6.45, 7) is 7.35. The molecule has 2 heterocycles. The maximum Gasteiger partial charge on any atom is 0.243 e. The first kappa shape index (κ1) is 24.7. The van der Waals surface area contributed by atoms with Crippen LogP contribution in [0.2, 0.25) is 0 Å². The van der Waals surface area contributed by atoms with Gasteiger partial charge in [0.05, 0.1) is 13.2 Å².